The van der Waals surface area contributed by atoms with E-state index in [0.29, 0.717) is 6.04 Å². The summed E-state index contributed by atoms with van der Waals surface area (Å²) < 4.78 is 10.1. The van der Waals surface area contributed by atoms with E-state index >= 15 is 0 Å². The van der Waals surface area contributed by atoms with E-state index in [1.54, 1.807) is 13.4 Å². The number of benzene rings is 1. The molecule has 100 valence electrons. The number of hydrogen-bond acceptors (Lipinski definition) is 4. The van der Waals surface area contributed by atoms with Gasteiger partial charge < -0.3 is 14.6 Å². The van der Waals surface area contributed by atoms with E-state index in [-0.39, 0.29) is 0 Å². The first kappa shape index (κ1) is 12.2. The summed E-state index contributed by atoms with van der Waals surface area (Å²) in [5.74, 6) is 0.941. The molecule has 0 amide bonds. The second-order valence-corrected chi connectivity index (χ2v) is 4.95. The summed E-state index contributed by atoms with van der Waals surface area (Å²) in [5, 5.41) is 7.45. The highest BCUT2D eigenvalue weighted by molar-refractivity contribution is 5.37. The van der Waals surface area contributed by atoms with E-state index in [9.17, 15) is 0 Å². The average molecular weight is 258 g/mol. The predicted octanol–water partition coefficient (Wildman–Crippen LogP) is 2.33. The van der Waals surface area contributed by atoms with Gasteiger partial charge in [0.05, 0.1) is 12.8 Å². The molecule has 1 aromatic carbocycles. The van der Waals surface area contributed by atoms with Crippen LogP contribution in [0.4, 0.5) is 0 Å². The lowest BCUT2D eigenvalue weighted by molar-refractivity contribution is 0.397. The average Bonchev–Trinajstić information content (AvgIpc) is 2.97. The van der Waals surface area contributed by atoms with Gasteiger partial charge in [0.25, 0.3) is 0 Å². The Hall–Kier alpha value is -1.81. The third-order valence-electron chi connectivity index (χ3n) is 3.70. The van der Waals surface area contributed by atoms with Gasteiger partial charge in [-0.15, -0.1) is 0 Å². The first-order chi connectivity index (χ1) is 9.35. The summed E-state index contributed by atoms with van der Waals surface area (Å²) in [5.41, 5.74) is 3.79. The van der Waals surface area contributed by atoms with Gasteiger partial charge in [-0.2, -0.15) is 0 Å². The number of ether oxygens (including phenoxy) is 1. The minimum absolute atomic E-state index is 0.497. The first-order valence-corrected chi connectivity index (χ1v) is 6.63. The molecule has 1 aliphatic rings. The molecule has 19 heavy (non-hydrogen) atoms. The molecule has 1 heterocycles. The van der Waals surface area contributed by atoms with E-state index in [4.69, 9.17) is 9.26 Å². The van der Waals surface area contributed by atoms with Crippen LogP contribution in [0.1, 0.15) is 23.2 Å². The van der Waals surface area contributed by atoms with Gasteiger partial charge in [-0.1, -0.05) is 11.2 Å². The normalized spacial score (nSPS) is 18.1. The van der Waals surface area contributed by atoms with Crippen LogP contribution in [0.3, 0.4) is 0 Å². The summed E-state index contributed by atoms with van der Waals surface area (Å²) in [6.07, 6.45) is 4.94. The monoisotopic (exact) mass is 258 g/mol. The number of nitrogens with one attached hydrogen (secondary N) is 1. The molecule has 2 aromatic rings. The molecule has 0 radical (unpaired) electrons. The molecule has 0 bridgehead atoms. The van der Waals surface area contributed by atoms with Gasteiger partial charge >= 0.3 is 0 Å². The number of aromatic nitrogens is 1. The molecule has 0 fully saturated rings. The lowest BCUT2D eigenvalue weighted by Crippen LogP contribution is -2.34. The van der Waals surface area contributed by atoms with Crippen molar-refractivity contribution in [1.82, 2.24) is 10.5 Å². The van der Waals surface area contributed by atoms with E-state index in [1.807, 2.05) is 12.1 Å². The summed E-state index contributed by atoms with van der Waals surface area (Å²) in [6.45, 7) is 0.764. The van der Waals surface area contributed by atoms with Crippen LogP contribution in [0.15, 0.2) is 35.1 Å². The van der Waals surface area contributed by atoms with Gasteiger partial charge in [-0.25, -0.2) is 0 Å². The van der Waals surface area contributed by atoms with Gasteiger partial charge in [-0.05, 0) is 42.5 Å². The minimum atomic E-state index is 0.497. The van der Waals surface area contributed by atoms with Gasteiger partial charge in [-0.3, -0.25) is 0 Å². The number of hydrogen-bond donors (Lipinski definition) is 1. The zero-order valence-corrected chi connectivity index (χ0v) is 11.1. The van der Waals surface area contributed by atoms with E-state index in [0.717, 1.165) is 37.3 Å². The van der Waals surface area contributed by atoms with Crippen LogP contribution in [-0.4, -0.2) is 18.3 Å². The quantitative estimate of drug-likeness (QED) is 0.914. The Balaban J connectivity index is 1.64. The molecular weight excluding hydrogens is 240 g/mol. The van der Waals surface area contributed by atoms with Crippen LogP contribution < -0.4 is 10.1 Å². The third-order valence-corrected chi connectivity index (χ3v) is 3.70. The molecule has 0 spiro atoms. The highest BCUT2D eigenvalue weighted by atomic mass is 16.5. The molecule has 1 atom stereocenters. The zero-order chi connectivity index (χ0) is 13.1. The predicted molar refractivity (Wildman–Crippen MR) is 72.1 cm³/mol. The molecule has 1 aliphatic carbocycles. The molecule has 0 saturated heterocycles. The molecule has 1 N–H and O–H groups in total. The fourth-order valence-electron chi connectivity index (χ4n) is 2.61. The topological polar surface area (TPSA) is 47.3 Å². The Bertz CT molecular complexity index is 537. The molecule has 4 heteroatoms. The van der Waals surface area contributed by atoms with Crippen molar-refractivity contribution in [2.24, 2.45) is 0 Å². The smallest absolute Gasteiger partial charge is 0.124 e. The van der Waals surface area contributed by atoms with E-state index < -0.39 is 0 Å². The molecule has 3 rings (SSSR count). The Kier molecular flexibility index (Phi) is 3.51. The molecule has 1 unspecified atom stereocenters. The molecule has 4 nitrogen and oxygen atoms in total. The largest absolute Gasteiger partial charge is 0.497 e. The Morgan fingerprint density at radius 1 is 1.37 bits per heavy atom. The van der Waals surface area contributed by atoms with Gasteiger partial charge in [0.2, 0.25) is 0 Å². The fraction of sp³-hybridized carbons (Fsp3) is 0.400. The summed E-state index contributed by atoms with van der Waals surface area (Å²) in [6, 6.07) is 8.77. The summed E-state index contributed by atoms with van der Waals surface area (Å²) in [4.78, 5) is 0. The highest BCUT2D eigenvalue weighted by Crippen LogP contribution is 2.25. The second kappa shape index (κ2) is 5.45. The maximum atomic E-state index is 5.29. The second-order valence-electron chi connectivity index (χ2n) is 4.95. The van der Waals surface area contributed by atoms with Crippen molar-refractivity contribution < 1.29 is 9.26 Å². The van der Waals surface area contributed by atoms with Crippen LogP contribution in [0.25, 0.3) is 0 Å². The number of rotatable bonds is 4. The Morgan fingerprint density at radius 3 is 3.11 bits per heavy atom. The Labute approximate surface area is 112 Å². The maximum absolute atomic E-state index is 5.29. The Morgan fingerprint density at radius 2 is 2.32 bits per heavy atom. The summed E-state index contributed by atoms with van der Waals surface area (Å²) >= 11 is 0. The van der Waals surface area contributed by atoms with Crippen LogP contribution in [0, 0.1) is 0 Å². The standard InChI is InChI=1S/C15H18N2O2/c1-18-15-5-3-11-2-4-13(8-12(11)9-15)16-10-14-6-7-19-17-14/h3,5-7,9,13,16H,2,4,8,10H2,1H3. The summed E-state index contributed by atoms with van der Waals surface area (Å²) in [7, 11) is 1.71. The first-order valence-electron chi connectivity index (χ1n) is 6.63. The van der Waals surface area contributed by atoms with E-state index in [2.05, 4.69) is 22.6 Å². The van der Waals surface area contributed by atoms with Crippen LogP contribution in [-0.2, 0) is 19.4 Å². The molecule has 0 saturated carbocycles. The van der Waals surface area contributed by atoms with Gasteiger partial charge in [0.15, 0.2) is 0 Å². The van der Waals surface area contributed by atoms with Crippen LogP contribution in [0.2, 0.25) is 0 Å². The van der Waals surface area contributed by atoms with Crippen LogP contribution in [0.5, 0.6) is 5.75 Å². The van der Waals surface area contributed by atoms with Crippen molar-refractivity contribution in [3.05, 3.63) is 47.3 Å². The highest BCUT2D eigenvalue weighted by Gasteiger charge is 2.18. The van der Waals surface area contributed by atoms with E-state index in [1.165, 1.54) is 11.1 Å². The zero-order valence-electron chi connectivity index (χ0n) is 11.1. The molecule has 1 aromatic heterocycles. The fourth-order valence-corrected chi connectivity index (χ4v) is 2.61. The van der Waals surface area contributed by atoms with Gasteiger partial charge in [0.1, 0.15) is 12.0 Å². The van der Waals surface area contributed by atoms with Crippen molar-refractivity contribution in [2.75, 3.05) is 7.11 Å². The number of nitrogens with zero attached hydrogens (tertiary/aromatic N) is 1. The lowest BCUT2D eigenvalue weighted by atomic mass is 9.88. The van der Waals surface area contributed by atoms with Crippen molar-refractivity contribution in [2.45, 2.75) is 31.8 Å². The molecule has 0 aliphatic heterocycles. The van der Waals surface area contributed by atoms with Crippen molar-refractivity contribution in [3.8, 4) is 5.75 Å². The SMILES string of the molecule is COc1ccc2c(c1)CC(NCc1ccon1)CC2. The number of fused-ring (bicyclic) bond motifs is 1. The van der Waals surface area contributed by atoms with Crippen molar-refractivity contribution in [3.63, 3.8) is 0 Å². The van der Waals surface area contributed by atoms with Gasteiger partial charge in [0, 0.05) is 18.7 Å². The number of methoxy groups -OCH3 is 1. The maximum Gasteiger partial charge on any atom is 0.124 e. The minimum Gasteiger partial charge on any atom is -0.497 e. The lowest BCUT2D eigenvalue weighted by Gasteiger charge is -2.25. The van der Waals surface area contributed by atoms with Crippen molar-refractivity contribution in [1.29, 1.82) is 0 Å². The third kappa shape index (κ3) is 2.79. The van der Waals surface area contributed by atoms with Crippen LogP contribution >= 0.6 is 0 Å². The number of aryl methyl sites for hydroxylation is 1. The van der Waals surface area contributed by atoms with Crippen molar-refractivity contribution >= 4 is 0 Å². The molecular formula is C15H18N2O2.